The van der Waals surface area contributed by atoms with E-state index in [0.717, 1.165) is 50.9 Å². The third kappa shape index (κ3) is 6.59. The number of nitrogens with one attached hydrogen (secondary N) is 2. The van der Waals surface area contributed by atoms with Crippen molar-refractivity contribution in [2.24, 2.45) is 4.99 Å². The second-order valence-electron chi connectivity index (χ2n) is 7.61. The lowest BCUT2D eigenvalue weighted by Crippen LogP contribution is -2.48. The van der Waals surface area contributed by atoms with Gasteiger partial charge in [-0.15, -0.1) is 24.0 Å². The van der Waals surface area contributed by atoms with Crippen LogP contribution < -0.4 is 15.4 Å². The van der Waals surface area contributed by atoms with Crippen molar-refractivity contribution >= 4 is 41.3 Å². The van der Waals surface area contributed by atoms with Crippen molar-refractivity contribution in [1.82, 2.24) is 10.6 Å². The van der Waals surface area contributed by atoms with Crippen LogP contribution in [0, 0.1) is 0 Å². The first-order valence-electron chi connectivity index (χ1n) is 10.4. The quantitative estimate of drug-likeness (QED) is 0.286. The Balaban J connectivity index is 0.00000320. The molecule has 0 amide bonds. The molecular weight excluding hydrogens is 509 g/mol. The molecule has 0 saturated carbocycles. The van der Waals surface area contributed by atoms with E-state index < -0.39 is 0 Å². The average Bonchev–Trinajstić information content (AvgIpc) is 3.30. The number of hydrogen-bond donors (Lipinski definition) is 2. The van der Waals surface area contributed by atoms with Crippen LogP contribution in [-0.4, -0.2) is 45.9 Å². The molecule has 0 spiro atoms. The molecule has 0 bridgehead atoms. The van der Waals surface area contributed by atoms with Gasteiger partial charge in [-0.25, -0.2) is 0 Å². The van der Waals surface area contributed by atoms with E-state index in [0.29, 0.717) is 12.5 Å². The Labute approximate surface area is 201 Å². The molecule has 0 aliphatic carbocycles. The number of ether oxygens (including phenoxy) is 2. The van der Waals surface area contributed by atoms with E-state index in [4.69, 9.17) is 9.47 Å². The van der Waals surface area contributed by atoms with Gasteiger partial charge < -0.3 is 20.1 Å². The van der Waals surface area contributed by atoms with Crippen LogP contribution in [0.15, 0.2) is 46.1 Å². The molecular formula is C23H34IN3O2S. The highest BCUT2D eigenvalue weighted by Gasteiger charge is 2.34. The molecule has 5 nitrogen and oxygen atoms in total. The van der Waals surface area contributed by atoms with Gasteiger partial charge in [0.25, 0.3) is 0 Å². The van der Waals surface area contributed by atoms with Crippen molar-refractivity contribution in [2.45, 2.75) is 38.0 Å². The van der Waals surface area contributed by atoms with Crippen molar-refractivity contribution in [3.63, 3.8) is 0 Å². The zero-order valence-electron chi connectivity index (χ0n) is 18.1. The molecule has 166 valence electrons. The van der Waals surface area contributed by atoms with Gasteiger partial charge in [-0.05, 0) is 65.8 Å². The first-order chi connectivity index (χ1) is 14.2. The minimum atomic E-state index is 0. The van der Waals surface area contributed by atoms with Gasteiger partial charge in [0.05, 0.1) is 6.61 Å². The molecule has 1 aromatic carbocycles. The van der Waals surface area contributed by atoms with Gasteiger partial charge in [-0.1, -0.05) is 19.1 Å². The molecule has 2 aromatic rings. The Morgan fingerprint density at radius 2 is 1.93 bits per heavy atom. The largest absolute Gasteiger partial charge is 0.494 e. The van der Waals surface area contributed by atoms with Gasteiger partial charge in [0, 0.05) is 38.8 Å². The molecule has 7 heteroatoms. The summed E-state index contributed by atoms with van der Waals surface area (Å²) in [6.45, 7) is 8.20. The van der Waals surface area contributed by atoms with E-state index in [9.17, 15) is 0 Å². The lowest BCUT2D eigenvalue weighted by Gasteiger charge is -2.38. The van der Waals surface area contributed by atoms with Gasteiger partial charge in [0.1, 0.15) is 5.75 Å². The summed E-state index contributed by atoms with van der Waals surface area (Å²) in [5, 5.41) is 11.4. The van der Waals surface area contributed by atoms with Crippen LogP contribution in [-0.2, 0) is 10.2 Å². The van der Waals surface area contributed by atoms with Gasteiger partial charge in [-0.2, -0.15) is 11.3 Å². The number of aliphatic imine (C=N–C) groups is 1. The van der Waals surface area contributed by atoms with Crippen molar-refractivity contribution < 1.29 is 9.47 Å². The second kappa shape index (κ2) is 12.5. The summed E-state index contributed by atoms with van der Waals surface area (Å²) in [5.41, 5.74) is 2.74. The minimum Gasteiger partial charge on any atom is -0.494 e. The Kier molecular flexibility index (Phi) is 10.4. The highest BCUT2D eigenvalue weighted by molar-refractivity contribution is 14.0. The number of thiophene rings is 1. The van der Waals surface area contributed by atoms with Crippen molar-refractivity contribution in [3.8, 4) is 5.75 Å². The van der Waals surface area contributed by atoms with Crippen LogP contribution in [0.25, 0.3) is 0 Å². The van der Waals surface area contributed by atoms with Gasteiger partial charge in [-0.3, -0.25) is 4.99 Å². The predicted octanol–water partition coefficient (Wildman–Crippen LogP) is 4.78. The fraction of sp³-hybridized carbons (Fsp3) is 0.522. The van der Waals surface area contributed by atoms with Gasteiger partial charge in [0.15, 0.2) is 5.96 Å². The summed E-state index contributed by atoms with van der Waals surface area (Å²) in [6.07, 6.45) is 1.99. The average molecular weight is 544 g/mol. The van der Waals surface area contributed by atoms with Crippen molar-refractivity contribution in [2.75, 3.05) is 40.0 Å². The van der Waals surface area contributed by atoms with Crippen LogP contribution in [0.3, 0.4) is 0 Å². The van der Waals surface area contributed by atoms with Crippen LogP contribution in [0.4, 0.5) is 0 Å². The third-order valence-corrected chi connectivity index (χ3v) is 6.43. The zero-order valence-corrected chi connectivity index (χ0v) is 21.3. The lowest BCUT2D eigenvalue weighted by molar-refractivity contribution is 0.0513. The van der Waals surface area contributed by atoms with Gasteiger partial charge >= 0.3 is 0 Å². The molecule has 1 unspecified atom stereocenters. The molecule has 1 aromatic heterocycles. The molecule has 1 aliphatic heterocycles. The monoisotopic (exact) mass is 543 g/mol. The maximum Gasteiger partial charge on any atom is 0.191 e. The lowest BCUT2D eigenvalue weighted by atomic mass is 9.74. The Morgan fingerprint density at radius 3 is 2.53 bits per heavy atom. The molecule has 30 heavy (non-hydrogen) atoms. The van der Waals surface area contributed by atoms with Crippen molar-refractivity contribution in [3.05, 3.63) is 52.2 Å². The molecule has 1 atom stereocenters. The smallest absolute Gasteiger partial charge is 0.191 e. The van der Waals surface area contributed by atoms with E-state index >= 15 is 0 Å². The summed E-state index contributed by atoms with van der Waals surface area (Å²) in [6, 6.07) is 10.7. The molecule has 1 fully saturated rings. The fourth-order valence-electron chi connectivity index (χ4n) is 3.80. The molecule has 1 aliphatic rings. The molecule has 0 radical (unpaired) electrons. The van der Waals surface area contributed by atoms with E-state index in [-0.39, 0.29) is 29.4 Å². The highest BCUT2D eigenvalue weighted by atomic mass is 127. The molecule has 3 rings (SSSR count). The molecule has 2 N–H and O–H groups in total. The van der Waals surface area contributed by atoms with Crippen LogP contribution in [0.5, 0.6) is 5.75 Å². The summed E-state index contributed by atoms with van der Waals surface area (Å²) < 4.78 is 11.3. The zero-order chi connectivity index (χ0) is 20.5. The van der Waals surface area contributed by atoms with E-state index in [1.165, 1.54) is 11.1 Å². The summed E-state index contributed by atoms with van der Waals surface area (Å²) in [4.78, 5) is 4.43. The maximum atomic E-state index is 5.66. The number of benzene rings is 1. The Hall–Kier alpha value is -1.32. The SMILES string of the molecule is CCOc1ccc(C2(CNC(=NC)NCC(C)c3ccsc3)CCOCC2)cc1.I. The van der Waals surface area contributed by atoms with E-state index in [1.807, 2.05) is 14.0 Å². The number of nitrogens with zero attached hydrogens (tertiary/aromatic N) is 1. The van der Waals surface area contributed by atoms with E-state index in [2.05, 4.69) is 63.6 Å². The second-order valence-corrected chi connectivity index (χ2v) is 8.39. The Bertz CT molecular complexity index is 759. The van der Waals surface area contributed by atoms with Crippen molar-refractivity contribution in [1.29, 1.82) is 0 Å². The number of hydrogen-bond acceptors (Lipinski definition) is 4. The van der Waals surface area contributed by atoms with Crippen LogP contribution >= 0.6 is 35.3 Å². The third-order valence-electron chi connectivity index (χ3n) is 5.73. The summed E-state index contributed by atoms with van der Waals surface area (Å²) >= 11 is 1.74. The predicted molar refractivity (Wildman–Crippen MR) is 137 cm³/mol. The minimum absolute atomic E-state index is 0. The normalized spacial score (nSPS) is 17.0. The van der Waals surface area contributed by atoms with Crippen LogP contribution in [0.2, 0.25) is 0 Å². The van der Waals surface area contributed by atoms with Gasteiger partial charge in [0.2, 0.25) is 0 Å². The number of rotatable bonds is 8. The molecule has 2 heterocycles. The maximum absolute atomic E-state index is 5.66. The van der Waals surface area contributed by atoms with Crippen LogP contribution in [0.1, 0.15) is 43.7 Å². The summed E-state index contributed by atoms with van der Waals surface area (Å²) in [7, 11) is 1.83. The Morgan fingerprint density at radius 1 is 1.20 bits per heavy atom. The highest BCUT2D eigenvalue weighted by Crippen LogP contribution is 2.35. The standard InChI is InChI=1S/C23H33N3O2S.HI/c1-4-28-21-7-5-20(6-8-21)23(10-12-27-13-11-23)17-26-22(24-3)25-15-18(2)19-9-14-29-16-19;/h5-9,14,16,18H,4,10-13,15,17H2,1-3H3,(H2,24,25,26);1H. The summed E-state index contributed by atoms with van der Waals surface area (Å²) in [5.74, 6) is 2.22. The fourth-order valence-corrected chi connectivity index (χ4v) is 4.58. The first kappa shape index (κ1) is 24.9. The first-order valence-corrected chi connectivity index (χ1v) is 11.4. The topological polar surface area (TPSA) is 54.9 Å². The number of halogens is 1. The molecule has 1 saturated heterocycles. The number of guanidine groups is 1. The van der Waals surface area contributed by atoms with E-state index in [1.54, 1.807) is 11.3 Å².